The van der Waals surface area contributed by atoms with E-state index in [1.165, 1.54) is 12.0 Å². The number of Topliss-reactive ketones (excluding diaryl/α,β-unsaturated/α-hetero) is 3. The molecule has 0 aromatic carbocycles. The van der Waals surface area contributed by atoms with E-state index in [-0.39, 0.29) is 66.8 Å². The van der Waals surface area contributed by atoms with Crippen LogP contribution in [0.2, 0.25) is 0 Å². The third kappa shape index (κ3) is 14.1. The molecule has 0 aromatic rings. The topological polar surface area (TPSA) is 195 Å². The van der Waals surface area contributed by atoms with E-state index in [1.807, 2.05) is 13.8 Å². The lowest BCUT2D eigenvalue weighted by Crippen LogP contribution is -2.61. The average molecular weight is 904 g/mol. The van der Waals surface area contributed by atoms with Gasteiger partial charge in [0.2, 0.25) is 5.79 Å². The Bertz CT molecular complexity index is 1610. The molecule has 0 spiro atoms. The summed E-state index contributed by atoms with van der Waals surface area (Å²) in [5.74, 6) is -7.58. The molecule has 3 N–H and O–H groups in total. The van der Waals surface area contributed by atoms with Crippen LogP contribution in [-0.4, -0.2) is 132 Å². The molecule has 2 bridgehead atoms. The lowest BCUT2D eigenvalue weighted by molar-refractivity contribution is -0.267. The Morgan fingerprint density at radius 3 is 2.22 bits per heavy atom. The number of ketones is 3. The molecule has 4 rings (SSSR count). The number of amides is 1. The largest absolute Gasteiger partial charge is 0.460 e. The monoisotopic (exact) mass is 904 g/mol. The van der Waals surface area contributed by atoms with Gasteiger partial charge in [0.05, 0.1) is 24.4 Å². The van der Waals surface area contributed by atoms with Crippen molar-refractivity contribution in [2.24, 2.45) is 35.5 Å². The minimum atomic E-state index is -2.39. The summed E-state index contributed by atoms with van der Waals surface area (Å²) in [7, 11) is 4.60. The highest BCUT2D eigenvalue weighted by molar-refractivity contribution is 6.39. The molecule has 2 saturated heterocycles. The molecular weight excluding hydrogens is 823 g/mol. The van der Waals surface area contributed by atoms with Crippen molar-refractivity contribution in [2.75, 3.05) is 27.9 Å². The SMILES string of the molecule is CO[C@H]1C[C@@H]2CC[C@@H](C)[C@@](O)(O2)C(=O)C(=O)N2CCCC[C@H]2C(=O)O[C@H]([C@H](C)C[C@H]2CC[C@@H](O)[C@H](OC)C2)CC(=O)[C@H](C)/C=C(\C)[C@@H](O)[C@@H](OC)C(=O)[C@H](C)CC/C=C/CCCC1C. The van der Waals surface area contributed by atoms with Gasteiger partial charge in [0, 0.05) is 58.5 Å². The Labute approximate surface area is 382 Å². The van der Waals surface area contributed by atoms with Gasteiger partial charge in [-0.05, 0) is 120 Å². The van der Waals surface area contributed by atoms with Gasteiger partial charge in [-0.3, -0.25) is 19.2 Å². The van der Waals surface area contributed by atoms with Crippen LogP contribution in [0, 0.1) is 35.5 Å². The molecule has 14 heteroatoms. The molecule has 3 fully saturated rings. The molecular formula is C50H81NO13. The second kappa shape index (κ2) is 25.3. The quantitative estimate of drug-likeness (QED) is 0.154. The first-order valence-electron chi connectivity index (χ1n) is 24.2. The number of fused-ring (bicyclic) bond motifs is 3. The minimum absolute atomic E-state index is 0.103. The van der Waals surface area contributed by atoms with E-state index in [4.69, 9.17) is 23.7 Å². The Morgan fingerprint density at radius 1 is 0.828 bits per heavy atom. The van der Waals surface area contributed by atoms with Gasteiger partial charge in [-0.15, -0.1) is 0 Å². The summed E-state index contributed by atoms with van der Waals surface area (Å²) in [6.45, 7) is 11.0. The number of esters is 1. The Hall–Kier alpha value is -2.85. The van der Waals surface area contributed by atoms with E-state index in [0.717, 1.165) is 25.7 Å². The fourth-order valence-electron chi connectivity index (χ4n) is 10.3. The number of aliphatic hydroxyl groups is 3. The second-order valence-electron chi connectivity index (χ2n) is 19.7. The maximum Gasteiger partial charge on any atom is 0.329 e. The Kier molecular flexibility index (Phi) is 21.3. The van der Waals surface area contributed by atoms with Gasteiger partial charge in [0.15, 0.2) is 5.78 Å². The van der Waals surface area contributed by atoms with Crippen molar-refractivity contribution >= 4 is 29.2 Å². The molecule has 1 amide bonds. The maximum absolute atomic E-state index is 14.4. The van der Waals surface area contributed by atoms with E-state index >= 15 is 0 Å². The number of cyclic esters (lactones) is 1. The Balaban J connectivity index is 1.66. The van der Waals surface area contributed by atoms with Crippen LogP contribution in [0.25, 0.3) is 0 Å². The third-order valence-electron chi connectivity index (χ3n) is 14.9. The predicted molar refractivity (Wildman–Crippen MR) is 241 cm³/mol. The van der Waals surface area contributed by atoms with Crippen LogP contribution in [-0.2, 0) is 47.7 Å². The van der Waals surface area contributed by atoms with Crippen LogP contribution < -0.4 is 0 Å². The predicted octanol–water partition coefficient (Wildman–Crippen LogP) is 6.24. The van der Waals surface area contributed by atoms with Crippen LogP contribution in [0.4, 0.5) is 0 Å². The summed E-state index contributed by atoms with van der Waals surface area (Å²) in [5, 5.41) is 33.8. The molecule has 364 valence electrons. The van der Waals surface area contributed by atoms with E-state index in [1.54, 1.807) is 41.1 Å². The zero-order valence-corrected chi connectivity index (χ0v) is 40.2. The first kappa shape index (κ1) is 53.8. The van der Waals surface area contributed by atoms with Crippen molar-refractivity contribution in [1.29, 1.82) is 0 Å². The van der Waals surface area contributed by atoms with E-state index in [2.05, 4.69) is 19.1 Å². The summed E-state index contributed by atoms with van der Waals surface area (Å²) < 4.78 is 29.5. The van der Waals surface area contributed by atoms with E-state index in [9.17, 15) is 39.3 Å². The molecule has 3 heterocycles. The summed E-state index contributed by atoms with van der Waals surface area (Å²) in [6.07, 6.45) is 9.76. The first-order valence-corrected chi connectivity index (χ1v) is 24.2. The van der Waals surface area contributed by atoms with Gasteiger partial charge in [0.1, 0.15) is 30.1 Å². The molecule has 0 aromatic heterocycles. The van der Waals surface area contributed by atoms with Crippen LogP contribution in [0.1, 0.15) is 144 Å². The number of piperidine rings is 1. The normalized spacial score (nSPS) is 39.9. The van der Waals surface area contributed by atoms with Crippen LogP contribution in [0.3, 0.4) is 0 Å². The zero-order valence-electron chi connectivity index (χ0n) is 40.2. The van der Waals surface area contributed by atoms with Crippen molar-refractivity contribution in [3.63, 3.8) is 0 Å². The van der Waals surface area contributed by atoms with Crippen LogP contribution in [0.5, 0.6) is 0 Å². The molecule has 1 saturated carbocycles. The molecule has 4 aliphatic rings. The van der Waals surface area contributed by atoms with Crippen molar-refractivity contribution in [3.05, 3.63) is 23.8 Å². The smallest absolute Gasteiger partial charge is 0.329 e. The lowest BCUT2D eigenvalue weighted by atomic mass is 9.78. The van der Waals surface area contributed by atoms with E-state index < -0.39 is 71.8 Å². The number of rotatable bonds is 6. The van der Waals surface area contributed by atoms with Gasteiger partial charge in [-0.1, -0.05) is 52.8 Å². The average Bonchev–Trinajstić information content (AvgIpc) is 3.28. The van der Waals surface area contributed by atoms with Crippen molar-refractivity contribution < 1.29 is 63.0 Å². The number of carbonyl (C=O) groups is 5. The van der Waals surface area contributed by atoms with Gasteiger partial charge >= 0.3 is 5.97 Å². The van der Waals surface area contributed by atoms with Crippen molar-refractivity contribution in [1.82, 2.24) is 4.90 Å². The summed E-state index contributed by atoms with van der Waals surface area (Å²) in [5.41, 5.74) is 0.403. The second-order valence-corrected chi connectivity index (χ2v) is 19.7. The van der Waals surface area contributed by atoms with Gasteiger partial charge in [-0.25, -0.2) is 4.79 Å². The summed E-state index contributed by atoms with van der Waals surface area (Å²) in [4.78, 5) is 71.6. The fraction of sp³-hybridized carbons (Fsp3) is 0.820. The lowest BCUT2D eigenvalue weighted by Gasteiger charge is -2.43. The molecule has 1 aliphatic carbocycles. The van der Waals surface area contributed by atoms with Crippen molar-refractivity contribution in [2.45, 2.75) is 199 Å². The minimum Gasteiger partial charge on any atom is -0.460 e. The van der Waals surface area contributed by atoms with Gasteiger partial charge < -0.3 is 43.9 Å². The third-order valence-corrected chi connectivity index (χ3v) is 14.9. The van der Waals surface area contributed by atoms with Crippen LogP contribution >= 0.6 is 0 Å². The first-order chi connectivity index (χ1) is 30.4. The zero-order chi connectivity index (χ0) is 47.3. The molecule has 0 radical (unpaired) electrons. The van der Waals surface area contributed by atoms with Gasteiger partial charge in [-0.2, -0.15) is 0 Å². The molecule has 14 nitrogen and oxygen atoms in total. The van der Waals surface area contributed by atoms with Crippen LogP contribution in [0.15, 0.2) is 23.8 Å². The molecule has 64 heavy (non-hydrogen) atoms. The number of ether oxygens (including phenoxy) is 5. The highest BCUT2D eigenvalue weighted by atomic mass is 16.6. The number of methoxy groups -OCH3 is 3. The molecule has 15 atom stereocenters. The number of hydrogen-bond donors (Lipinski definition) is 3. The summed E-state index contributed by atoms with van der Waals surface area (Å²) in [6, 6.07) is -1.12. The number of aliphatic hydroxyl groups excluding tert-OH is 2. The van der Waals surface area contributed by atoms with Crippen molar-refractivity contribution in [3.8, 4) is 0 Å². The highest BCUT2D eigenvalue weighted by Crippen LogP contribution is 2.38. The molecule has 3 aliphatic heterocycles. The Morgan fingerprint density at radius 2 is 1.53 bits per heavy atom. The molecule has 1 unspecified atom stereocenters. The maximum atomic E-state index is 14.4. The summed E-state index contributed by atoms with van der Waals surface area (Å²) >= 11 is 0. The highest BCUT2D eigenvalue weighted by Gasteiger charge is 2.53. The van der Waals surface area contributed by atoms with Gasteiger partial charge in [0.25, 0.3) is 11.7 Å². The van der Waals surface area contributed by atoms with E-state index in [0.29, 0.717) is 69.8 Å². The standard InChI is InChI=1S/C50H81NO13/c1-30-17-13-11-10-12-14-18-31(2)44(54)46(62-9)45(55)34(5)25-32(3)40(53)29-42(33(4)26-36-21-23-39(52)43(27-36)61-8)63-49(58)38-19-15-16-24-51(38)48(57)47(56)50(59)35(6)20-22-37(64-50)28-41(30)60-7/h10,12,25,30-33,35-39,41-43,45-46,52,55,59H,11,13-24,26-29H2,1-9H3/b12-10+,34-25+/t30?,31-,32-,33-,35-,36-,37+,38+,39-,41+,42+,43-,45-,46+,50-/m1/s1. The fourth-order valence-corrected chi connectivity index (χ4v) is 10.3. The number of hydrogen-bond acceptors (Lipinski definition) is 13. The number of allylic oxidation sites excluding steroid dienone is 3. The number of nitrogens with zero attached hydrogens (tertiary/aromatic N) is 1. The number of carbonyl (C=O) groups excluding carboxylic acids is 5.